The van der Waals surface area contributed by atoms with Crippen LogP contribution in [0.5, 0.6) is 0 Å². The summed E-state index contributed by atoms with van der Waals surface area (Å²) in [6.45, 7) is 1.91. The van der Waals surface area contributed by atoms with Crippen molar-refractivity contribution in [3.8, 4) is 0 Å². The maximum atomic E-state index is 11.9. The molecule has 0 spiro atoms. The van der Waals surface area contributed by atoms with Crippen molar-refractivity contribution in [2.75, 3.05) is 11.9 Å². The second-order valence-corrected chi connectivity index (χ2v) is 4.15. The first-order valence-corrected chi connectivity index (χ1v) is 5.81. The van der Waals surface area contributed by atoms with E-state index < -0.39 is 5.97 Å². The van der Waals surface area contributed by atoms with Crippen LogP contribution < -0.4 is 10.6 Å². The molecule has 5 nitrogen and oxygen atoms in total. The van der Waals surface area contributed by atoms with E-state index in [0.717, 1.165) is 0 Å². The van der Waals surface area contributed by atoms with E-state index in [1.54, 1.807) is 25.2 Å². The number of aromatic carboxylic acids is 1. The maximum Gasteiger partial charge on any atom is 0.337 e. The largest absolute Gasteiger partial charge is 0.478 e. The van der Waals surface area contributed by atoms with Gasteiger partial charge in [-0.1, -0.05) is 19.1 Å². The van der Waals surface area contributed by atoms with Crippen molar-refractivity contribution >= 4 is 17.6 Å². The fourth-order valence-corrected chi connectivity index (χ4v) is 1.59. The molecule has 18 heavy (non-hydrogen) atoms. The van der Waals surface area contributed by atoms with Gasteiger partial charge in [0.15, 0.2) is 0 Å². The molecule has 0 fully saturated rings. The number of para-hydroxylation sites is 1. The van der Waals surface area contributed by atoms with Gasteiger partial charge in [-0.2, -0.15) is 0 Å². The average molecular weight is 250 g/mol. The number of carbonyl (C=O) groups excluding carboxylic acids is 1. The van der Waals surface area contributed by atoms with E-state index in [1.165, 1.54) is 11.0 Å². The van der Waals surface area contributed by atoms with Gasteiger partial charge in [-0.25, -0.2) is 4.79 Å². The van der Waals surface area contributed by atoms with Gasteiger partial charge in [0.1, 0.15) is 0 Å². The summed E-state index contributed by atoms with van der Waals surface area (Å²) in [5.41, 5.74) is 6.22. The third kappa shape index (κ3) is 3.30. The Morgan fingerprint density at radius 1 is 1.39 bits per heavy atom. The normalized spacial score (nSPS) is 11.9. The fraction of sp³-hybridized carbons (Fsp3) is 0.385. The van der Waals surface area contributed by atoms with Crippen LogP contribution in [0.25, 0.3) is 0 Å². The van der Waals surface area contributed by atoms with Gasteiger partial charge in [-0.15, -0.1) is 0 Å². The zero-order valence-corrected chi connectivity index (χ0v) is 10.6. The molecular formula is C13H18N2O3. The minimum atomic E-state index is -1.05. The third-order valence-electron chi connectivity index (χ3n) is 2.83. The summed E-state index contributed by atoms with van der Waals surface area (Å²) >= 11 is 0. The van der Waals surface area contributed by atoms with E-state index in [-0.39, 0.29) is 23.9 Å². The van der Waals surface area contributed by atoms with E-state index in [4.69, 9.17) is 10.8 Å². The van der Waals surface area contributed by atoms with Gasteiger partial charge >= 0.3 is 5.97 Å². The number of benzene rings is 1. The molecule has 0 aromatic heterocycles. The van der Waals surface area contributed by atoms with E-state index in [2.05, 4.69) is 0 Å². The number of anilines is 1. The molecule has 3 N–H and O–H groups in total. The molecule has 1 rings (SSSR count). The number of rotatable bonds is 5. The highest BCUT2D eigenvalue weighted by Gasteiger charge is 2.18. The Hall–Kier alpha value is -1.88. The molecule has 1 unspecified atom stereocenters. The minimum absolute atomic E-state index is 0.110. The molecule has 0 heterocycles. The van der Waals surface area contributed by atoms with Crippen LogP contribution in [0.2, 0.25) is 0 Å². The summed E-state index contributed by atoms with van der Waals surface area (Å²) in [6.07, 6.45) is 0.918. The summed E-state index contributed by atoms with van der Waals surface area (Å²) < 4.78 is 0. The Labute approximate surface area is 106 Å². The Bertz CT molecular complexity index is 446. The lowest BCUT2D eigenvalue weighted by atomic mass is 10.1. The zero-order chi connectivity index (χ0) is 13.7. The molecular weight excluding hydrogens is 232 g/mol. The van der Waals surface area contributed by atoms with Gasteiger partial charge in [0, 0.05) is 19.5 Å². The van der Waals surface area contributed by atoms with Crippen molar-refractivity contribution in [2.45, 2.75) is 25.8 Å². The molecule has 0 aliphatic carbocycles. The first-order chi connectivity index (χ1) is 8.47. The molecule has 5 heteroatoms. The van der Waals surface area contributed by atoms with E-state index in [9.17, 15) is 9.59 Å². The smallest absolute Gasteiger partial charge is 0.337 e. The average Bonchev–Trinajstić information content (AvgIpc) is 2.37. The van der Waals surface area contributed by atoms with Gasteiger partial charge in [0.25, 0.3) is 0 Å². The molecule has 0 aliphatic rings. The number of nitrogens with two attached hydrogens (primary N) is 1. The Kier molecular flexibility index (Phi) is 4.85. The number of carboxylic acid groups (broad SMARTS) is 1. The highest BCUT2D eigenvalue weighted by atomic mass is 16.4. The van der Waals surface area contributed by atoms with E-state index >= 15 is 0 Å². The lowest BCUT2D eigenvalue weighted by Gasteiger charge is -2.20. The Morgan fingerprint density at radius 3 is 2.56 bits per heavy atom. The highest BCUT2D eigenvalue weighted by molar-refractivity contribution is 6.01. The summed E-state index contributed by atoms with van der Waals surface area (Å²) in [6, 6.07) is 6.21. The molecule has 0 saturated carbocycles. The second kappa shape index (κ2) is 6.16. The third-order valence-corrected chi connectivity index (χ3v) is 2.83. The molecule has 1 aromatic carbocycles. The molecule has 0 saturated heterocycles. The van der Waals surface area contributed by atoms with Gasteiger partial charge in [-0.05, 0) is 18.6 Å². The topological polar surface area (TPSA) is 83.6 Å². The quantitative estimate of drug-likeness (QED) is 0.829. The first kappa shape index (κ1) is 14.2. The van der Waals surface area contributed by atoms with Crippen molar-refractivity contribution < 1.29 is 14.7 Å². The second-order valence-electron chi connectivity index (χ2n) is 4.15. The fourth-order valence-electron chi connectivity index (χ4n) is 1.59. The van der Waals surface area contributed by atoms with Crippen molar-refractivity contribution in [1.29, 1.82) is 0 Å². The van der Waals surface area contributed by atoms with Crippen LogP contribution in [-0.2, 0) is 4.79 Å². The molecule has 1 amide bonds. The highest BCUT2D eigenvalue weighted by Crippen LogP contribution is 2.20. The van der Waals surface area contributed by atoms with Gasteiger partial charge in [0.05, 0.1) is 11.3 Å². The molecule has 0 radical (unpaired) electrons. The van der Waals surface area contributed by atoms with Crippen molar-refractivity contribution in [1.82, 2.24) is 0 Å². The van der Waals surface area contributed by atoms with Crippen LogP contribution in [0, 0.1) is 0 Å². The SMILES string of the molecule is CCC(N)CC(=O)N(C)c1ccccc1C(=O)O. The number of amides is 1. The standard InChI is InChI=1S/C13H18N2O3/c1-3-9(14)8-12(16)15(2)11-7-5-4-6-10(11)13(17)18/h4-7,9H,3,8,14H2,1-2H3,(H,17,18). The van der Waals surface area contributed by atoms with Crippen LogP contribution in [0.4, 0.5) is 5.69 Å². The zero-order valence-electron chi connectivity index (χ0n) is 10.6. The molecule has 98 valence electrons. The van der Waals surface area contributed by atoms with Crippen LogP contribution in [0.3, 0.4) is 0 Å². The molecule has 1 aromatic rings. The number of hydrogen-bond donors (Lipinski definition) is 2. The van der Waals surface area contributed by atoms with Crippen LogP contribution in [0.1, 0.15) is 30.1 Å². The summed E-state index contributed by atoms with van der Waals surface area (Å²) in [4.78, 5) is 24.4. The lowest BCUT2D eigenvalue weighted by molar-refractivity contribution is -0.118. The maximum absolute atomic E-state index is 11.9. The van der Waals surface area contributed by atoms with Crippen molar-refractivity contribution in [2.24, 2.45) is 5.73 Å². The Balaban J connectivity index is 2.93. The van der Waals surface area contributed by atoms with E-state index in [1.807, 2.05) is 6.92 Å². The summed E-state index contributed by atoms with van der Waals surface area (Å²) in [5, 5.41) is 9.06. The van der Waals surface area contributed by atoms with E-state index in [0.29, 0.717) is 12.1 Å². The van der Waals surface area contributed by atoms with Gasteiger partial charge in [0.2, 0.25) is 5.91 Å². The summed E-state index contributed by atoms with van der Waals surface area (Å²) in [7, 11) is 1.56. The Morgan fingerprint density at radius 2 is 2.00 bits per heavy atom. The van der Waals surface area contributed by atoms with Crippen molar-refractivity contribution in [3.05, 3.63) is 29.8 Å². The van der Waals surface area contributed by atoms with Gasteiger partial charge < -0.3 is 15.7 Å². The monoisotopic (exact) mass is 250 g/mol. The number of carboxylic acids is 1. The molecule has 0 bridgehead atoms. The van der Waals surface area contributed by atoms with Gasteiger partial charge in [-0.3, -0.25) is 4.79 Å². The number of carbonyl (C=O) groups is 2. The summed E-state index contributed by atoms with van der Waals surface area (Å²) in [5.74, 6) is -1.23. The van der Waals surface area contributed by atoms with Crippen LogP contribution >= 0.6 is 0 Å². The molecule has 1 atom stereocenters. The van der Waals surface area contributed by atoms with Crippen LogP contribution in [0.15, 0.2) is 24.3 Å². The lowest BCUT2D eigenvalue weighted by Crippen LogP contribution is -2.33. The molecule has 0 aliphatic heterocycles. The first-order valence-electron chi connectivity index (χ1n) is 5.81. The minimum Gasteiger partial charge on any atom is -0.478 e. The number of nitrogens with zero attached hydrogens (tertiary/aromatic N) is 1. The number of hydrogen-bond acceptors (Lipinski definition) is 3. The van der Waals surface area contributed by atoms with Crippen LogP contribution in [-0.4, -0.2) is 30.1 Å². The van der Waals surface area contributed by atoms with Crippen molar-refractivity contribution in [3.63, 3.8) is 0 Å². The predicted octanol–water partition coefficient (Wildman–Crippen LogP) is 1.47. The predicted molar refractivity (Wildman–Crippen MR) is 69.7 cm³/mol.